The summed E-state index contributed by atoms with van der Waals surface area (Å²) in [6.07, 6.45) is 0.457. The Morgan fingerprint density at radius 3 is 2.83 bits per heavy atom. The van der Waals surface area contributed by atoms with Crippen LogP contribution in [0.1, 0.15) is 12.0 Å². The van der Waals surface area contributed by atoms with Crippen LogP contribution in [-0.4, -0.2) is 32.7 Å². The van der Waals surface area contributed by atoms with Crippen molar-refractivity contribution in [1.29, 1.82) is 0 Å². The average molecular weight is 315 g/mol. The molecule has 2 N–H and O–H groups in total. The van der Waals surface area contributed by atoms with Crippen molar-refractivity contribution in [2.75, 3.05) is 32.1 Å². The lowest BCUT2D eigenvalue weighted by molar-refractivity contribution is -0.116. The third kappa shape index (κ3) is 5.62. The molecule has 0 unspecified atom stereocenters. The SMILES string of the molecule is COCCNCCC(=O)Nc1ccc(Br)c(C)c1. The van der Waals surface area contributed by atoms with Crippen molar-refractivity contribution in [1.82, 2.24) is 5.32 Å². The fourth-order valence-electron chi connectivity index (χ4n) is 1.45. The first-order valence-electron chi connectivity index (χ1n) is 5.89. The second-order valence-electron chi connectivity index (χ2n) is 4.00. The molecular formula is C13H19BrN2O2. The maximum Gasteiger partial charge on any atom is 0.225 e. The first-order chi connectivity index (χ1) is 8.63. The number of nitrogens with one attached hydrogen (secondary N) is 2. The highest BCUT2D eigenvalue weighted by Crippen LogP contribution is 2.19. The minimum absolute atomic E-state index is 0.0154. The van der Waals surface area contributed by atoms with Crippen molar-refractivity contribution in [2.45, 2.75) is 13.3 Å². The second-order valence-corrected chi connectivity index (χ2v) is 4.86. The maximum atomic E-state index is 11.6. The maximum absolute atomic E-state index is 11.6. The number of hydrogen-bond acceptors (Lipinski definition) is 3. The van der Waals surface area contributed by atoms with E-state index in [0.29, 0.717) is 19.6 Å². The molecule has 0 aliphatic carbocycles. The number of halogens is 1. The van der Waals surface area contributed by atoms with Gasteiger partial charge in [-0.05, 0) is 30.7 Å². The van der Waals surface area contributed by atoms with Gasteiger partial charge < -0.3 is 15.4 Å². The number of anilines is 1. The lowest BCUT2D eigenvalue weighted by Crippen LogP contribution is -2.24. The summed E-state index contributed by atoms with van der Waals surface area (Å²) in [6.45, 7) is 4.07. The molecule has 1 aromatic carbocycles. The molecule has 0 fully saturated rings. The number of aryl methyl sites for hydroxylation is 1. The van der Waals surface area contributed by atoms with E-state index in [1.165, 1.54) is 0 Å². The molecule has 1 aromatic rings. The molecule has 0 aliphatic rings. The zero-order valence-electron chi connectivity index (χ0n) is 10.8. The van der Waals surface area contributed by atoms with Gasteiger partial charge in [-0.25, -0.2) is 0 Å². The molecule has 0 heterocycles. The van der Waals surface area contributed by atoms with E-state index in [1.54, 1.807) is 7.11 Å². The Bertz CT molecular complexity index is 397. The van der Waals surface area contributed by atoms with Crippen molar-refractivity contribution in [3.63, 3.8) is 0 Å². The van der Waals surface area contributed by atoms with Crippen molar-refractivity contribution in [3.8, 4) is 0 Å². The fourth-order valence-corrected chi connectivity index (χ4v) is 1.69. The first kappa shape index (κ1) is 15.1. The number of carbonyl (C=O) groups excluding carboxylic acids is 1. The van der Waals surface area contributed by atoms with Gasteiger partial charge in [0.2, 0.25) is 5.91 Å². The van der Waals surface area contributed by atoms with Gasteiger partial charge in [0.05, 0.1) is 6.61 Å². The van der Waals surface area contributed by atoms with Crippen molar-refractivity contribution < 1.29 is 9.53 Å². The Morgan fingerprint density at radius 2 is 2.17 bits per heavy atom. The summed E-state index contributed by atoms with van der Waals surface area (Å²) >= 11 is 3.43. The van der Waals surface area contributed by atoms with E-state index < -0.39 is 0 Å². The quantitative estimate of drug-likeness (QED) is 0.759. The van der Waals surface area contributed by atoms with E-state index in [4.69, 9.17) is 4.74 Å². The van der Waals surface area contributed by atoms with Crippen molar-refractivity contribution in [3.05, 3.63) is 28.2 Å². The Morgan fingerprint density at radius 1 is 1.39 bits per heavy atom. The van der Waals surface area contributed by atoms with E-state index in [-0.39, 0.29) is 5.91 Å². The van der Waals surface area contributed by atoms with Crippen LogP contribution >= 0.6 is 15.9 Å². The summed E-state index contributed by atoms with van der Waals surface area (Å²) < 4.78 is 5.94. The number of amides is 1. The Labute approximate surface area is 116 Å². The molecule has 0 saturated carbocycles. The van der Waals surface area contributed by atoms with Crippen LogP contribution in [0.3, 0.4) is 0 Å². The van der Waals surface area contributed by atoms with E-state index in [9.17, 15) is 4.79 Å². The van der Waals surface area contributed by atoms with Gasteiger partial charge in [-0.15, -0.1) is 0 Å². The van der Waals surface area contributed by atoms with Crippen LogP contribution in [0.5, 0.6) is 0 Å². The largest absolute Gasteiger partial charge is 0.383 e. The topological polar surface area (TPSA) is 50.4 Å². The molecule has 1 amide bonds. The smallest absolute Gasteiger partial charge is 0.225 e. The van der Waals surface area contributed by atoms with Crippen LogP contribution in [0.2, 0.25) is 0 Å². The van der Waals surface area contributed by atoms with Crippen LogP contribution in [0.15, 0.2) is 22.7 Å². The van der Waals surface area contributed by atoms with Crippen molar-refractivity contribution in [2.24, 2.45) is 0 Å². The molecule has 0 aliphatic heterocycles. The van der Waals surface area contributed by atoms with Crippen LogP contribution in [0, 0.1) is 6.92 Å². The van der Waals surface area contributed by atoms with Crippen LogP contribution in [-0.2, 0) is 9.53 Å². The Kier molecular flexibility index (Phi) is 6.93. The van der Waals surface area contributed by atoms with Gasteiger partial charge in [-0.1, -0.05) is 15.9 Å². The predicted molar refractivity (Wildman–Crippen MR) is 76.9 cm³/mol. The number of benzene rings is 1. The Balaban J connectivity index is 2.29. The lowest BCUT2D eigenvalue weighted by atomic mass is 10.2. The highest BCUT2D eigenvalue weighted by molar-refractivity contribution is 9.10. The molecule has 18 heavy (non-hydrogen) atoms. The van der Waals surface area contributed by atoms with Crippen LogP contribution < -0.4 is 10.6 Å². The molecule has 100 valence electrons. The molecule has 0 spiro atoms. The summed E-state index contributed by atoms with van der Waals surface area (Å²) in [7, 11) is 1.66. The van der Waals surface area contributed by atoms with Gasteiger partial charge in [0, 0.05) is 36.8 Å². The summed E-state index contributed by atoms with van der Waals surface area (Å²) in [5, 5.41) is 6.00. The molecule has 5 heteroatoms. The first-order valence-corrected chi connectivity index (χ1v) is 6.68. The normalized spacial score (nSPS) is 10.4. The number of methoxy groups -OCH3 is 1. The minimum atomic E-state index is 0.0154. The van der Waals surface area contributed by atoms with Gasteiger partial charge in [0.1, 0.15) is 0 Å². The minimum Gasteiger partial charge on any atom is -0.383 e. The third-order valence-corrected chi connectivity index (χ3v) is 3.34. The Hall–Kier alpha value is -0.910. The summed E-state index contributed by atoms with van der Waals surface area (Å²) in [5.41, 5.74) is 1.93. The van der Waals surface area contributed by atoms with E-state index in [2.05, 4.69) is 26.6 Å². The molecular weight excluding hydrogens is 296 g/mol. The van der Waals surface area contributed by atoms with Crippen molar-refractivity contribution >= 4 is 27.5 Å². The lowest BCUT2D eigenvalue weighted by Gasteiger charge is -2.07. The van der Waals surface area contributed by atoms with E-state index in [1.807, 2.05) is 25.1 Å². The van der Waals surface area contributed by atoms with E-state index in [0.717, 1.165) is 22.3 Å². The highest BCUT2D eigenvalue weighted by atomic mass is 79.9. The highest BCUT2D eigenvalue weighted by Gasteiger charge is 2.03. The average Bonchev–Trinajstić information content (AvgIpc) is 2.34. The number of hydrogen-bond donors (Lipinski definition) is 2. The molecule has 0 atom stereocenters. The van der Waals surface area contributed by atoms with Gasteiger partial charge in [0.15, 0.2) is 0 Å². The summed E-state index contributed by atoms with van der Waals surface area (Å²) in [5.74, 6) is 0.0154. The van der Waals surface area contributed by atoms with Crippen LogP contribution in [0.25, 0.3) is 0 Å². The monoisotopic (exact) mass is 314 g/mol. The molecule has 0 aromatic heterocycles. The molecule has 0 radical (unpaired) electrons. The van der Waals surface area contributed by atoms with Gasteiger partial charge in [-0.3, -0.25) is 4.79 Å². The van der Waals surface area contributed by atoms with Crippen LogP contribution in [0.4, 0.5) is 5.69 Å². The number of rotatable bonds is 7. The standard InChI is InChI=1S/C13H19BrN2O2/c1-10-9-11(3-4-12(10)14)16-13(17)5-6-15-7-8-18-2/h3-4,9,15H,5-8H2,1-2H3,(H,16,17). The zero-order valence-corrected chi connectivity index (χ0v) is 12.3. The molecule has 0 bridgehead atoms. The zero-order chi connectivity index (χ0) is 13.4. The molecule has 4 nitrogen and oxygen atoms in total. The molecule has 1 rings (SSSR count). The summed E-state index contributed by atoms with van der Waals surface area (Å²) in [6, 6.07) is 5.76. The third-order valence-electron chi connectivity index (χ3n) is 2.45. The van der Waals surface area contributed by atoms with Gasteiger partial charge in [0.25, 0.3) is 0 Å². The number of ether oxygens (including phenoxy) is 1. The van der Waals surface area contributed by atoms with E-state index >= 15 is 0 Å². The molecule has 0 saturated heterocycles. The summed E-state index contributed by atoms with van der Waals surface area (Å²) in [4.78, 5) is 11.6. The number of carbonyl (C=O) groups is 1. The second kappa shape index (κ2) is 8.24. The van der Waals surface area contributed by atoms with Gasteiger partial charge >= 0.3 is 0 Å². The van der Waals surface area contributed by atoms with Gasteiger partial charge in [-0.2, -0.15) is 0 Å². The fraction of sp³-hybridized carbons (Fsp3) is 0.462. The predicted octanol–water partition coefficient (Wildman–Crippen LogP) is 2.32.